The number of amides is 1. The highest BCUT2D eigenvalue weighted by Gasteiger charge is 2.26. The Morgan fingerprint density at radius 2 is 2.11 bits per heavy atom. The highest BCUT2D eigenvalue weighted by atomic mass is 79.9. The number of carbonyl (C=O) groups is 1. The minimum atomic E-state index is -0.0161. The number of carbonyl (C=O) groups excluding carboxylic acids is 1. The van der Waals surface area contributed by atoms with E-state index < -0.39 is 0 Å². The van der Waals surface area contributed by atoms with Crippen LogP contribution in [0.3, 0.4) is 0 Å². The number of morpholine rings is 1. The van der Waals surface area contributed by atoms with Crippen LogP contribution in [-0.2, 0) is 9.53 Å². The van der Waals surface area contributed by atoms with Gasteiger partial charge in [0.2, 0.25) is 0 Å². The van der Waals surface area contributed by atoms with E-state index in [0.717, 1.165) is 16.6 Å². The number of hydrogen-bond donors (Lipinski definition) is 1. The van der Waals surface area contributed by atoms with Gasteiger partial charge in [0.1, 0.15) is 6.61 Å². The van der Waals surface area contributed by atoms with Crippen molar-refractivity contribution >= 4 is 27.5 Å². The van der Waals surface area contributed by atoms with Gasteiger partial charge in [-0.2, -0.15) is 0 Å². The standard InChI is InChI=1S/C13H16BrNO3/c14-10-3-5-11(6-4-10)15-8-12(2-1-7-16)18-9-13(15)17/h3-6,12,16H,1-2,7-9H2. The molecule has 0 aromatic heterocycles. The van der Waals surface area contributed by atoms with Crippen molar-refractivity contribution in [2.24, 2.45) is 0 Å². The number of nitrogens with zero attached hydrogens (tertiary/aromatic N) is 1. The second-order valence-electron chi connectivity index (χ2n) is 4.28. The second kappa shape index (κ2) is 6.31. The van der Waals surface area contributed by atoms with E-state index in [1.54, 1.807) is 4.90 Å². The summed E-state index contributed by atoms with van der Waals surface area (Å²) in [4.78, 5) is 13.6. The minimum Gasteiger partial charge on any atom is -0.396 e. The quantitative estimate of drug-likeness (QED) is 0.924. The van der Waals surface area contributed by atoms with Crippen LogP contribution in [0.2, 0.25) is 0 Å². The molecule has 1 unspecified atom stereocenters. The predicted octanol–water partition coefficient (Wildman–Crippen LogP) is 1.95. The van der Waals surface area contributed by atoms with Crippen LogP contribution in [0.4, 0.5) is 5.69 Å². The molecular formula is C13H16BrNO3. The first kappa shape index (κ1) is 13.5. The fourth-order valence-corrected chi connectivity index (χ4v) is 2.25. The molecule has 18 heavy (non-hydrogen) atoms. The van der Waals surface area contributed by atoms with Gasteiger partial charge in [0.15, 0.2) is 0 Å². The van der Waals surface area contributed by atoms with E-state index in [1.807, 2.05) is 24.3 Å². The van der Waals surface area contributed by atoms with E-state index in [4.69, 9.17) is 9.84 Å². The molecule has 98 valence electrons. The third-order valence-corrected chi connectivity index (χ3v) is 3.48. The summed E-state index contributed by atoms with van der Waals surface area (Å²) >= 11 is 3.37. The number of benzene rings is 1. The first-order valence-electron chi connectivity index (χ1n) is 5.99. The van der Waals surface area contributed by atoms with Crippen molar-refractivity contribution < 1.29 is 14.6 Å². The van der Waals surface area contributed by atoms with Gasteiger partial charge in [0.05, 0.1) is 12.6 Å². The zero-order valence-electron chi connectivity index (χ0n) is 10.0. The van der Waals surface area contributed by atoms with Crippen LogP contribution in [-0.4, -0.2) is 36.9 Å². The van der Waals surface area contributed by atoms with E-state index in [2.05, 4.69) is 15.9 Å². The lowest BCUT2D eigenvalue weighted by molar-refractivity contribution is -0.129. The van der Waals surface area contributed by atoms with Crippen molar-refractivity contribution in [2.75, 3.05) is 24.7 Å². The molecule has 1 saturated heterocycles. The van der Waals surface area contributed by atoms with Crippen molar-refractivity contribution in [3.63, 3.8) is 0 Å². The molecule has 1 aromatic carbocycles. The van der Waals surface area contributed by atoms with Gasteiger partial charge in [-0.05, 0) is 37.1 Å². The average Bonchev–Trinajstić information content (AvgIpc) is 2.39. The van der Waals surface area contributed by atoms with Crippen molar-refractivity contribution in [3.05, 3.63) is 28.7 Å². The average molecular weight is 314 g/mol. The molecule has 0 saturated carbocycles. The normalized spacial score (nSPS) is 20.2. The molecule has 1 aliphatic rings. The third kappa shape index (κ3) is 3.31. The molecule has 1 atom stereocenters. The molecule has 1 fully saturated rings. The summed E-state index contributed by atoms with van der Waals surface area (Å²) in [6, 6.07) is 7.66. The van der Waals surface area contributed by atoms with Gasteiger partial charge in [-0.3, -0.25) is 4.79 Å². The molecule has 1 amide bonds. The van der Waals surface area contributed by atoms with E-state index in [9.17, 15) is 4.79 Å². The van der Waals surface area contributed by atoms with Crippen LogP contribution in [0.1, 0.15) is 12.8 Å². The Bertz CT molecular complexity index is 407. The minimum absolute atomic E-state index is 0.0125. The fraction of sp³-hybridized carbons (Fsp3) is 0.462. The molecule has 0 spiro atoms. The number of hydrogen-bond acceptors (Lipinski definition) is 3. The zero-order chi connectivity index (χ0) is 13.0. The molecule has 1 aliphatic heterocycles. The number of rotatable bonds is 4. The third-order valence-electron chi connectivity index (χ3n) is 2.95. The summed E-state index contributed by atoms with van der Waals surface area (Å²) in [6.45, 7) is 0.832. The smallest absolute Gasteiger partial charge is 0.253 e. The van der Waals surface area contributed by atoms with Crippen LogP contribution in [0.15, 0.2) is 28.7 Å². The van der Waals surface area contributed by atoms with Crippen LogP contribution in [0, 0.1) is 0 Å². The van der Waals surface area contributed by atoms with Crippen LogP contribution in [0.5, 0.6) is 0 Å². The Morgan fingerprint density at radius 3 is 2.78 bits per heavy atom. The molecule has 5 heteroatoms. The number of aliphatic hydroxyl groups is 1. The summed E-state index contributed by atoms with van der Waals surface area (Å²) in [7, 11) is 0. The van der Waals surface area contributed by atoms with E-state index in [0.29, 0.717) is 13.0 Å². The Balaban J connectivity index is 2.05. The van der Waals surface area contributed by atoms with Crippen molar-refractivity contribution in [1.29, 1.82) is 0 Å². The number of halogens is 1. The summed E-state index contributed by atoms with van der Waals surface area (Å²) in [5.74, 6) is -0.0161. The fourth-order valence-electron chi connectivity index (χ4n) is 1.99. The molecule has 4 nitrogen and oxygen atoms in total. The maximum atomic E-state index is 11.8. The van der Waals surface area contributed by atoms with Crippen molar-refractivity contribution in [3.8, 4) is 0 Å². The molecule has 2 rings (SSSR count). The molecule has 1 N–H and O–H groups in total. The summed E-state index contributed by atoms with van der Waals surface area (Å²) in [6.07, 6.45) is 1.49. The van der Waals surface area contributed by atoms with Gasteiger partial charge < -0.3 is 14.7 Å². The maximum absolute atomic E-state index is 11.8. The highest BCUT2D eigenvalue weighted by Crippen LogP contribution is 2.22. The van der Waals surface area contributed by atoms with E-state index in [1.165, 1.54) is 0 Å². The molecule has 1 heterocycles. The maximum Gasteiger partial charge on any atom is 0.253 e. The zero-order valence-corrected chi connectivity index (χ0v) is 11.6. The largest absolute Gasteiger partial charge is 0.396 e. The molecule has 0 aliphatic carbocycles. The number of anilines is 1. The lowest BCUT2D eigenvalue weighted by atomic mass is 10.1. The summed E-state index contributed by atoms with van der Waals surface area (Å²) in [5.41, 5.74) is 0.889. The van der Waals surface area contributed by atoms with Gasteiger partial charge in [0, 0.05) is 16.8 Å². The van der Waals surface area contributed by atoms with Gasteiger partial charge in [-0.1, -0.05) is 15.9 Å². The number of ether oxygens (including phenoxy) is 1. The molecular weight excluding hydrogens is 298 g/mol. The SMILES string of the molecule is O=C1COC(CCCO)CN1c1ccc(Br)cc1. The molecule has 0 bridgehead atoms. The first-order valence-corrected chi connectivity index (χ1v) is 6.78. The Kier molecular flexibility index (Phi) is 4.74. The summed E-state index contributed by atoms with van der Waals surface area (Å²) < 4.78 is 6.45. The first-order chi connectivity index (χ1) is 8.70. The number of aliphatic hydroxyl groups excluding tert-OH is 1. The van der Waals surface area contributed by atoms with Crippen molar-refractivity contribution in [2.45, 2.75) is 18.9 Å². The van der Waals surface area contributed by atoms with E-state index >= 15 is 0 Å². The van der Waals surface area contributed by atoms with Gasteiger partial charge in [0.25, 0.3) is 5.91 Å². The van der Waals surface area contributed by atoms with Gasteiger partial charge >= 0.3 is 0 Å². The van der Waals surface area contributed by atoms with Crippen LogP contribution >= 0.6 is 15.9 Å². The molecule has 0 radical (unpaired) electrons. The van der Waals surface area contributed by atoms with E-state index in [-0.39, 0.29) is 25.2 Å². The Labute approximate surface area is 115 Å². The predicted molar refractivity (Wildman–Crippen MR) is 72.6 cm³/mol. The summed E-state index contributed by atoms with van der Waals surface area (Å²) in [5, 5.41) is 8.82. The Morgan fingerprint density at radius 1 is 1.39 bits per heavy atom. The topological polar surface area (TPSA) is 49.8 Å². The van der Waals surface area contributed by atoms with Gasteiger partial charge in [-0.25, -0.2) is 0 Å². The molecule has 1 aromatic rings. The lowest BCUT2D eigenvalue weighted by Gasteiger charge is -2.32. The van der Waals surface area contributed by atoms with Gasteiger partial charge in [-0.15, -0.1) is 0 Å². The van der Waals surface area contributed by atoms with Crippen LogP contribution in [0.25, 0.3) is 0 Å². The second-order valence-corrected chi connectivity index (χ2v) is 5.20. The highest BCUT2D eigenvalue weighted by molar-refractivity contribution is 9.10. The van der Waals surface area contributed by atoms with Crippen LogP contribution < -0.4 is 4.90 Å². The van der Waals surface area contributed by atoms with Crippen molar-refractivity contribution in [1.82, 2.24) is 0 Å². The monoisotopic (exact) mass is 313 g/mol. The lowest BCUT2D eigenvalue weighted by Crippen LogP contribution is -2.46. The Hall–Kier alpha value is -0.910.